The Morgan fingerprint density at radius 2 is 1.92 bits per heavy atom. The average Bonchev–Trinajstić information content (AvgIpc) is 2.90. The normalized spacial score (nSPS) is 18.7. The molecule has 1 N–H and O–H groups in total. The van der Waals surface area contributed by atoms with Crippen molar-refractivity contribution in [3.63, 3.8) is 0 Å². The molecule has 1 saturated heterocycles. The average molecular weight is 422 g/mol. The van der Waals surface area contributed by atoms with Crippen molar-refractivity contribution < 1.29 is 18.0 Å². The van der Waals surface area contributed by atoms with Crippen molar-refractivity contribution in [2.75, 3.05) is 44.0 Å². The summed E-state index contributed by atoms with van der Waals surface area (Å²) in [7, 11) is 0.479. The van der Waals surface area contributed by atoms with Gasteiger partial charge >= 0.3 is 11.8 Å². The molecule has 1 aromatic rings. The highest BCUT2D eigenvalue weighted by molar-refractivity contribution is 7.91. The van der Waals surface area contributed by atoms with Crippen LogP contribution >= 0.6 is 23.2 Å². The Labute approximate surface area is 163 Å². The number of anilines is 1. The number of rotatable bonds is 5. The summed E-state index contributed by atoms with van der Waals surface area (Å²) in [4.78, 5) is 28.3. The van der Waals surface area contributed by atoms with Crippen molar-refractivity contribution in [3.05, 3.63) is 28.2 Å². The summed E-state index contributed by atoms with van der Waals surface area (Å²) in [6, 6.07) is 4.01. The Morgan fingerprint density at radius 1 is 1.23 bits per heavy atom. The molecule has 10 heteroatoms. The maximum atomic E-state index is 12.7. The van der Waals surface area contributed by atoms with Gasteiger partial charge in [0.05, 0.1) is 22.2 Å². The highest BCUT2D eigenvalue weighted by Gasteiger charge is 2.36. The van der Waals surface area contributed by atoms with Gasteiger partial charge in [-0.3, -0.25) is 9.59 Å². The topological polar surface area (TPSA) is 86.8 Å². The van der Waals surface area contributed by atoms with E-state index in [0.29, 0.717) is 18.0 Å². The molecule has 1 aliphatic heterocycles. The van der Waals surface area contributed by atoms with Crippen molar-refractivity contribution >= 4 is 50.5 Å². The smallest absolute Gasteiger partial charge is 0.313 e. The van der Waals surface area contributed by atoms with Crippen LogP contribution in [0.1, 0.15) is 6.42 Å². The zero-order chi connectivity index (χ0) is 19.5. The van der Waals surface area contributed by atoms with E-state index in [9.17, 15) is 18.0 Å². The first-order chi connectivity index (χ1) is 12.1. The molecule has 0 aromatic heterocycles. The Kier molecular flexibility index (Phi) is 6.90. The van der Waals surface area contributed by atoms with Crippen LogP contribution in [0.2, 0.25) is 10.0 Å². The van der Waals surface area contributed by atoms with E-state index >= 15 is 0 Å². The van der Waals surface area contributed by atoms with Crippen LogP contribution in [0.3, 0.4) is 0 Å². The largest absolute Gasteiger partial charge is 0.329 e. The van der Waals surface area contributed by atoms with Gasteiger partial charge in [0.15, 0.2) is 9.84 Å². The predicted octanol–water partition coefficient (Wildman–Crippen LogP) is 1.51. The van der Waals surface area contributed by atoms with Crippen molar-refractivity contribution in [2.24, 2.45) is 0 Å². The van der Waals surface area contributed by atoms with Gasteiger partial charge in [-0.25, -0.2) is 8.42 Å². The Bertz CT molecular complexity index is 799. The van der Waals surface area contributed by atoms with Gasteiger partial charge in [0, 0.05) is 24.2 Å². The number of hydrogen-bond acceptors (Lipinski definition) is 5. The summed E-state index contributed by atoms with van der Waals surface area (Å²) in [5.74, 6) is -1.77. The Hall–Kier alpha value is -1.35. The lowest BCUT2D eigenvalue weighted by molar-refractivity contribution is -0.144. The standard InChI is InChI=1S/C16H21Cl2N3O4S/c1-20(2)6-7-21(12-5-8-26(24,25)10-12)16(23)15(22)19-14-9-11(17)3-4-13(14)18/h3-4,9,12H,5-8,10H2,1-2H3,(H,19,22). The SMILES string of the molecule is CN(C)CCN(C(=O)C(=O)Nc1cc(Cl)ccc1Cl)C1CCS(=O)(=O)C1. The molecule has 0 radical (unpaired) electrons. The summed E-state index contributed by atoms with van der Waals surface area (Å²) in [6.45, 7) is 0.760. The zero-order valence-electron chi connectivity index (χ0n) is 14.5. The number of benzene rings is 1. The number of carbonyl (C=O) groups is 2. The van der Waals surface area contributed by atoms with Gasteiger partial charge in [-0.2, -0.15) is 0 Å². The highest BCUT2D eigenvalue weighted by Crippen LogP contribution is 2.25. The Morgan fingerprint density at radius 3 is 2.50 bits per heavy atom. The van der Waals surface area contributed by atoms with Crippen LogP contribution in [-0.4, -0.2) is 74.8 Å². The number of halogens is 2. The molecule has 0 bridgehead atoms. The molecular formula is C16H21Cl2N3O4S. The second-order valence-corrected chi connectivity index (χ2v) is 9.51. The summed E-state index contributed by atoms with van der Waals surface area (Å²) < 4.78 is 23.5. The first-order valence-corrected chi connectivity index (χ1v) is 10.6. The molecule has 1 heterocycles. The van der Waals surface area contributed by atoms with Crippen molar-refractivity contribution in [1.29, 1.82) is 0 Å². The van der Waals surface area contributed by atoms with E-state index in [1.165, 1.54) is 17.0 Å². The zero-order valence-corrected chi connectivity index (χ0v) is 16.9. The lowest BCUT2D eigenvalue weighted by Gasteiger charge is -2.29. The van der Waals surface area contributed by atoms with Gasteiger partial charge in [0.1, 0.15) is 0 Å². The van der Waals surface area contributed by atoms with Crippen molar-refractivity contribution in [3.8, 4) is 0 Å². The third-order valence-corrected chi connectivity index (χ3v) is 6.38. The lowest BCUT2D eigenvalue weighted by Crippen LogP contribution is -2.48. The molecule has 144 valence electrons. The number of nitrogens with one attached hydrogen (secondary N) is 1. The molecule has 0 spiro atoms. The third kappa shape index (κ3) is 5.57. The molecule has 1 aromatic carbocycles. The molecule has 1 fully saturated rings. The van der Waals surface area contributed by atoms with Crippen molar-refractivity contribution in [2.45, 2.75) is 12.5 Å². The third-order valence-electron chi connectivity index (χ3n) is 4.07. The molecule has 2 amide bonds. The van der Waals surface area contributed by atoms with Gasteiger partial charge in [0.25, 0.3) is 0 Å². The molecular weight excluding hydrogens is 401 g/mol. The van der Waals surface area contributed by atoms with Crippen LogP contribution in [0.5, 0.6) is 0 Å². The van der Waals surface area contributed by atoms with Gasteiger partial charge in [-0.1, -0.05) is 23.2 Å². The predicted molar refractivity (Wildman–Crippen MR) is 102 cm³/mol. The molecule has 7 nitrogen and oxygen atoms in total. The number of amides is 2. The first-order valence-electron chi connectivity index (χ1n) is 8.01. The Balaban J connectivity index is 2.16. The van der Waals surface area contributed by atoms with Gasteiger partial charge in [0.2, 0.25) is 0 Å². The summed E-state index contributed by atoms with van der Waals surface area (Å²) in [6.07, 6.45) is 0.326. The molecule has 26 heavy (non-hydrogen) atoms. The second kappa shape index (κ2) is 8.56. The number of nitrogens with zero attached hydrogens (tertiary/aromatic N) is 2. The molecule has 0 aliphatic carbocycles. The molecule has 1 atom stereocenters. The lowest BCUT2D eigenvalue weighted by atomic mass is 10.2. The number of carbonyl (C=O) groups excluding carboxylic acids is 2. The van der Waals surface area contributed by atoms with E-state index in [1.54, 1.807) is 6.07 Å². The maximum absolute atomic E-state index is 12.7. The highest BCUT2D eigenvalue weighted by atomic mass is 35.5. The fraction of sp³-hybridized carbons (Fsp3) is 0.500. The first kappa shape index (κ1) is 21.0. The summed E-state index contributed by atoms with van der Waals surface area (Å²) in [5.41, 5.74) is 0.226. The molecule has 1 unspecified atom stereocenters. The molecule has 1 aliphatic rings. The van der Waals surface area contributed by atoms with E-state index in [0.717, 1.165) is 0 Å². The van der Waals surface area contributed by atoms with Gasteiger partial charge < -0.3 is 15.1 Å². The summed E-state index contributed by atoms with van der Waals surface area (Å²) in [5, 5.41) is 3.07. The number of likely N-dealkylation sites (N-methyl/N-ethyl adjacent to an activating group) is 1. The van der Waals surface area contributed by atoms with Crippen LogP contribution < -0.4 is 5.32 Å². The van der Waals surface area contributed by atoms with E-state index in [1.807, 2.05) is 19.0 Å². The monoisotopic (exact) mass is 421 g/mol. The van der Waals surface area contributed by atoms with E-state index < -0.39 is 27.7 Å². The molecule has 0 saturated carbocycles. The van der Waals surface area contributed by atoms with Crippen LogP contribution in [0.4, 0.5) is 5.69 Å². The van der Waals surface area contributed by atoms with Crippen LogP contribution in [0.25, 0.3) is 0 Å². The van der Waals surface area contributed by atoms with Crippen LogP contribution in [0.15, 0.2) is 18.2 Å². The fourth-order valence-corrected chi connectivity index (χ4v) is 4.75. The van der Waals surface area contributed by atoms with Crippen LogP contribution in [0, 0.1) is 0 Å². The minimum atomic E-state index is -3.19. The number of hydrogen-bond donors (Lipinski definition) is 1. The van der Waals surface area contributed by atoms with Crippen LogP contribution in [-0.2, 0) is 19.4 Å². The fourth-order valence-electron chi connectivity index (χ4n) is 2.68. The molecule has 2 rings (SSSR count). The quantitative estimate of drug-likeness (QED) is 0.727. The number of sulfone groups is 1. The van der Waals surface area contributed by atoms with Crippen molar-refractivity contribution in [1.82, 2.24) is 9.80 Å². The minimum absolute atomic E-state index is 0.0190. The maximum Gasteiger partial charge on any atom is 0.313 e. The second-order valence-electron chi connectivity index (χ2n) is 6.44. The van der Waals surface area contributed by atoms with E-state index in [-0.39, 0.29) is 28.8 Å². The van der Waals surface area contributed by atoms with Gasteiger partial charge in [-0.15, -0.1) is 0 Å². The minimum Gasteiger partial charge on any atom is -0.329 e. The van der Waals surface area contributed by atoms with Gasteiger partial charge in [-0.05, 0) is 38.7 Å². The summed E-state index contributed by atoms with van der Waals surface area (Å²) >= 11 is 11.9. The van der Waals surface area contributed by atoms with E-state index in [4.69, 9.17) is 23.2 Å². The van der Waals surface area contributed by atoms with E-state index in [2.05, 4.69) is 5.32 Å².